The van der Waals surface area contributed by atoms with Gasteiger partial charge < -0.3 is 0 Å². The minimum Gasteiger partial charge on any atom is -0.258 e. The molecular weight excluding hydrogens is 202 g/mol. The van der Waals surface area contributed by atoms with Gasteiger partial charge in [-0.1, -0.05) is 32.9 Å². The van der Waals surface area contributed by atoms with E-state index in [9.17, 15) is 10.1 Å². The smallest absolute Gasteiger partial charge is 0.258 e. The summed E-state index contributed by atoms with van der Waals surface area (Å²) >= 11 is 0. The minimum atomic E-state index is -0.342. The van der Waals surface area contributed by atoms with Gasteiger partial charge in [-0.25, -0.2) is 0 Å². The molecule has 3 nitrogen and oxygen atoms in total. The first-order chi connectivity index (χ1) is 7.45. The maximum absolute atomic E-state index is 10.8. The monoisotopic (exact) mass is 219 g/mol. The second kappa shape index (κ2) is 4.92. The number of nitro benzene ring substituents is 1. The summed E-state index contributed by atoms with van der Waals surface area (Å²) < 4.78 is 0. The fourth-order valence-corrected chi connectivity index (χ4v) is 1.50. The summed E-state index contributed by atoms with van der Waals surface area (Å²) in [6, 6.07) is 5.28. The van der Waals surface area contributed by atoms with E-state index < -0.39 is 0 Å². The van der Waals surface area contributed by atoms with Gasteiger partial charge >= 0.3 is 0 Å². The molecule has 1 rings (SSSR count). The van der Waals surface area contributed by atoms with Crippen LogP contribution in [-0.2, 0) is 0 Å². The van der Waals surface area contributed by atoms with E-state index >= 15 is 0 Å². The summed E-state index contributed by atoms with van der Waals surface area (Å²) in [7, 11) is 0. The lowest BCUT2D eigenvalue weighted by Gasteiger charge is -2.11. The molecule has 0 amide bonds. The van der Waals surface area contributed by atoms with Crippen molar-refractivity contribution < 1.29 is 4.92 Å². The van der Waals surface area contributed by atoms with Crippen LogP contribution in [0.4, 0.5) is 5.69 Å². The highest BCUT2D eigenvalue weighted by Gasteiger charge is 2.13. The Morgan fingerprint density at radius 1 is 1.25 bits per heavy atom. The summed E-state index contributed by atoms with van der Waals surface area (Å²) in [5.74, 6) is 0.424. The van der Waals surface area contributed by atoms with Crippen LogP contribution in [0.3, 0.4) is 0 Å². The summed E-state index contributed by atoms with van der Waals surface area (Å²) in [4.78, 5) is 10.5. The molecule has 0 fully saturated rings. The number of hydrogen-bond donors (Lipinski definition) is 0. The SMILES string of the molecule is C=CC(C)c1cc(C(C)C)cc([N+](=O)[O-])c1. The number of nitro groups is 1. The molecule has 0 bridgehead atoms. The average Bonchev–Trinajstić information content (AvgIpc) is 2.27. The average molecular weight is 219 g/mol. The second-order valence-electron chi connectivity index (χ2n) is 4.29. The number of nitrogens with zero attached hydrogens (tertiary/aromatic N) is 1. The summed E-state index contributed by atoms with van der Waals surface area (Å²) in [6.45, 7) is 9.76. The molecule has 1 aromatic carbocycles. The van der Waals surface area contributed by atoms with Crippen LogP contribution in [0, 0.1) is 10.1 Å². The zero-order valence-electron chi connectivity index (χ0n) is 9.93. The van der Waals surface area contributed by atoms with Crippen molar-refractivity contribution >= 4 is 5.69 Å². The molecule has 1 aromatic rings. The van der Waals surface area contributed by atoms with Gasteiger partial charge in [0.05, 0.1) is 4.92 Å². The lowest BCUT2D eigenvalue weighted by atomic mass is 9.94. The summed E-state index contributed by atoms with van der Waals surface area (Å²) in [5.41, 5.74) is 2.11. The summed E-state index contributed by atoms with van der Waals surface area (Å²) in [5, 5.41) is 10.8. The van der Waals surface area contributed by atoms with Crippen LogP contribution in [0.5, 0.6) is 0 Å². The van der Waals surface area contributed by atoms with Gasteiger partial charge in [0.1, 0.15) is 0 Å². The molecule has 0 spiro atoms. The zero-order valence-corrected chi connectivity index (χ0v) is 9.93. The molecular formula is C13H17NO2. The molecule has 0 aliphatic carbocycles. The van der Waals surface area contributed by atoms with Crippen molar-refractivity contribution in [3.05, 3.63) is 52.1 Å². The van der Waals surface area contributed by atoms with Gasteiger partial charge in [-0.3, -0.25) is 10.1 Å². The maximum atomic E-state index is 10.8. The Morgan fingerprint density at radius 3 is 2.25 bits per heavy atom. The van der Waals surface area contributed by atoms with Crippen LogP contribution >= 0.6 is 0 Å². The Labute approximate surface area is 95.9 Å². The van der Waals surface area contributed by atoms with Crippen LogP contribution in [-0.4, -0.2) is 4.92 Å². The van der Waals surface area contributed by atoms with E-state index in [0.29, 0.717) is 0 Å². The highest BCUT2D eigenvalue weighted by atomic mass is 16.6. The molecule has 0 aliphatic heterocycles. The van der Waals surface area contributed by atoms with Crippen molar-refractivity contribution in [2.24, 2.45) is 0 Å². The molecule has 0 N–H and O–H groups in total. The number of allylic oxidation sites excluding steroid dienone is 1. The van der Waals surface area contributed by atoms with Crippen molar-refractivity contribution in [3.8, 4) is 0 Å². The molecule has 86 valence electrons. The first-order valence-electron chi connectivity index (χ1n) is 5.37. The largest absolute Gasteiger partial charge is 0.270 e. The molecule has 0 aromatic heterocycles. The molecule has 0 radical (unpaired) electrons. The molecule has 16 heavy (non-hydrogen) atoms. The maximum Gasteiger partial charge on any atom is 0.270 e. The van der Waals surface area contributed by atoms with Gasteiger partial charge in [0.15, 0.2) is 0 Å². The topological polar surface area (TPSA) is 43.1 Å². The highest BCUT2D eigenvalue weighted by molar-refractivity contribution is 5.42. The predicted octanol–water partition coefficient (Wildman–Crippen LogP) is 4.01. The molecule has 3 heteroatoms. The van der Waals surface area contributed by atoms with E-state index in [4.69, 9.17) is 0 Å². The normalized spacial score (nSPS) is 12.5. The van der Waals surface area contributed by atoms with Gasteiger partial charge in [-0.15, -0.1) is 6.58 Å². The highest BCUT2D eigenvalue weighted by Crippen LogP contribution is 2.27. The van der Waals surface area contributed by atoms with E-state index in [2.05, 4.69) is 6.58 Å². The summed E-state index contributed by atoms with van der Waals surface area (Å²) in [6.07, 6.45) is 1.79. The first-order valence-corrected chi connectivity index (χ1v) is 5.37. The van der Waals surface area contributed by atoms with E-state index in [0.717, 1.165) is 11.1 Å². The van der Waals surface area contributed by atoms with Crippen LogP contribution in [0.25, 0.3) is 0 Å². The van der Waals surface area contributed by atoms with Crippen LogP contribution in [0.1, 0.15) is 43.7 Å². The minimum absolute atomic E-state index is 0.136. The van der Waals surface area contributed by atoms with E-state index in [1.54, 1.807) is 18.2 Å². The molecule has 1 atom stereocenters. The zero-order chi connectivity index (χ0) is 12.3. The standard InChI is InChI=1S/C13H17NO2/c1-5-10(4)12-6-11(9(2)3)7-13(8-12)14(15)16/h5-10H,1H2,2-4H3. The Hall–Kier alpha value is -1.64. The van der Waals surface area contributed by atoms with Crippen LogP contribution in [0.15, 0.2) is 30.9 Å². The third kappa shape index (κ3) is 2.69. The van der Waals surface area contributed by atoms with E-state index in [-0.39, 0.29) is 22.4 Å². The van der Waals surface area contributed by atoms with E-state index in [1.807, 2.05) is 26.8 Å². The van der Waals surface area contributed by atoms with Crippen LogP contribution in [0.2, 0.25) is 0 Å². The van der Waals surface area contributed by atoms with Gasteiger partial charge in [0.2, 0.25) is 0 Å². The van der Waals surface area contributed by atoms with Crippen molar-refractivity contribution in [2.45, 2.75) is 32.6 Å². The van der Waals surface area contributed by atoms with Gasteiger partial charge in [-0.2, -0.15) is 0 Å². The Balaban J connectivity index is 3.29. The van der Waals surface area contributed by atoms with Crippen molar-refractivity contribution in [3.63, 3.8) is 0 Å². The van der Waals surface area contributed by atoms with Crippen molar-refractivity contribution in [2.75, 3.05) is 0 Å². The Bertz CT molecular complexity index is 410. The van der Waals surface area contributed by atoms with Crippen molar-refractivity contribution in [1.29, 1.82) is 0 Å². The number of benzene rings is 1. The lowest BCUT2D eigenvalue weighted by Crippen LogP contribution is -1.97. The number of non-ortho nitro benzene ring substituents is 1. The molecule has 0 heterocycles. The molecule has 1 unspecified atom stereocenters. The fourth-order valence-electron chi connectivity index (χ4n) is 1.50. The van der Waals surface area contributed by atoms with E-state index in [1.165, 1.54) is 0 Å². The quantitative estimate of drug-likeness (QED) is 0.436. The van der Waals surface area contributed by atoms with Gasteiger partial charge in [0.25, 0.3) is 5.69 Å². The third-order valence-electron chi connectivity index (χ3n) is 2.72. The number of rotatable bonds is 4. The Morgan fingerprint density at radius 2 is 1.81 bits per heavy atom. The number of hydrogen-bond acceptors (Lipinski definition) is 2. The third-order valence-corrected chi connectivity index (χ3v) is 2.72. The Kier molecular flexibility index (Phi) is 3.82. The first kappa shape index (κ1) is 12.4. The van der Waals surface area contributed by atoms with Crippen LogP contribution < -0.4 is 0 Å². The fraction of sp³-hybridized carbons (Fsp3) is 0.385. The molecule has 0 saturated carbocycles. The second-order valence-corrected chi connectivity index (χ2v) is 4.29. The van der Waals surface area contributed by atoms with Gasteiger partial charge in [0, 0.05) is 12.1 Å². The van der Waals surface area contributed by atoms with Crippen molar-refractivity contribution in [1.82, 2.24) is 0 Å². The molecule has 0 aliphatic rings. The predicted molar refractivity (Wildman–Crippen MR) is 65.8 cm³/mol. The van der Waals surface area contributed by atoms with Gasteiger partial charge in [-0.05, 0) is 23.0 Å². The molecule has 0 saturated heterocycles. The lowest BCUT2D eigenvalue weighted by molar-refractivity contribution is -0.385.